The molecule has 1 aliphatic rings. The molecular formula is C54H35N3O. The highest BCUT2D eigenvalue weighted by molar-refractivity contribution is 6.14. The highest BCUT2D eigenvalue weighted by Gasteiger charge is 2.20. The van der Waals surface area contributed by atoms with Crippen molar-refractivity contribution in [1.82, 2.24) is 14.5 Å². The highest BCUT2D eigenvalue weighted by Crippen LogP contribution is 2.41. The molecule has 4 heterocycles. The first-order valence-corrected chi connectivity index (χ1v) is 19.9. The zero-order valence-electron chi connectivity index (χ0n) is 31.5. The van der Waals surface area contributed by atoms with Crippen molar-refractivity contribution >= 4 is 65.6 Å². The van der Waals surface area contributed by atoms with Gasteiger partial charge in [0.05, 0.1) is 39.1 Å². The molecule has 1 atom stereocenters. The Bertz CT molecular complexity index is 3480. The lowest BCUT2D eigenvalue weighted by atomic mass is 9.91. The van der Waals surface area contributed by atoms with Crippen LogP contribution in [0.1, 0.15) is 17.9 Å². The van der Waals surface area contributed by atoms with Crippen molar-refractivity contribution < 1.29 is 4.42 Å². The lowest BCUT2D eigenvalue weighted by molar-refractivity contribution is 0.666. The number of benzene rings is 7. The molecule has 4 heteroatoms. The summed E-state index contributed by atoms with van der Waals surface area (Å²) in [4.78, 5) is 10.4. The van der Waals surface area contributed by atoms with Gasteiger partial charge in [0.25, 0.3) is 0 Å². The minimum absolute atomic E-state index is 0.358. The quantitative estimate of drug-likeness (QED) is 0.165. The zero-order chi connectivity index (χ0) is 38.2. The molecule has 0 saturated carbocycles. The third-order valence-electron chi connectivity index (χ3n) is 11.9. The van der Waals surface area contributed by atoms with E-state index in [0.717, 1.165) is 89.4 Å². The molecule has 11 aromatic rings. The van der Waals surface area contributed by atoms with Gasteiger partial charge in [-0.2, -0.15) is 0 Å². The molecule has 0 radical (unpaired) electrons. The normalized spacial score (nSPS) is 14.2. The summed E-state index contributed by atoms with van der Waals surface area (Å²) in [5.74, 6) is 0.358. The van der Waals surface area contributed by atoms with Crippen LogP contribution in [0.25, 0.3) is 105 Å². The van der Waals surface area contributed by atoms with E-state index in [1.165, 1.54) is 27.5 Å². The third kappa shape index (κ3) is 5.23. The van der Waals surface area contributed by atoms with Crippen molar-refractivity contribution in [1.29, 1.82) is 0 Å². The van der Waals surface area contributed by atoms with Crippen molar-refractivity contribution in [3.63, 3.8) is 0 Å². The Labute approximate surface area is 334 Å². The van der Waals surface area contributed by atoms with Crippen LogP contribution in [-0.4, -0.2) is 14.5 Å². The number of rotatable bonds is 5. The number of hydrogen-bond acceptors (Lipinski definition) is 3. The summed E-state index contributed by atoms with van der Waals surface area (Å²) in [7, 11) is 0. The number of hydrogen-bond donors (Lipinski definition) is 0. The fourth-order valence-electron chi connectivity index (χ4n) is 8.99. The molecule has 272 valence electrons. The van der Waals surface area contributed by atoms with Gasteiger partial charge in [-0.3, -0.25) is 0 Å². The van der Waals surface area contributed by atoms with Crippen LogP contribution >= 0.6 is 0 Å². The van der Waals surface area contributed by atoms with E-state index in [1.54, 1.807) is 0 Å². The van der Waals surface area contributed by atoms with Gasteiger partial charge in [-0.1, -0.05) is 140 Å². The minimum atomic E-state index is 0.358. The smallest absolute Gasteiger partial charge is 0.159 e. The second kappa shape index (κ2) is 13.0. The van der Waals surface area contributed by atoms with Gasteiger partial charge in [0, 0.05) is 49.4 Å². The van der Waals surface area contributed by atoms with E-state index >= 15 is 0 Å². The standard InChI is InChI=1S/C54H35N3O/c1-4-11-34(12-5-1)39-24-29-48-44(31-39)45-32-40(35-13-6-2-7-14-35)25-30-49(45)57(48)50-18-10-17-43-42-26-21-41(33-51(42)58-54(43)50)47-28-23-38-20-19-37-22-27-46(36-15-8-3-9-16-36)55-52(37)53(38)56-47/h1-13,15-33,35H,14H2. The first kappa shape index (κ1) is 32.7. The molecule has 1 unspecified atom stereocenters. The Balaban J connectivity index is 1.01. The van der Waals surface area contributed by atoms with Gasteiger partial charge in [0.15, 0.2) is 5.58 Å². The van der Waals surface area contributed by atoms with E-state index in [9.17, 15) is 0 Å². The second-order valence-electron chi connectivity index (χ2n) is 15.3. The maximum Gasteiger partial charge on any atom is 0.159 e. The Hall–Kier alpha value is -7.56. The average molecular weight is 742 g/mol. The monoisotopic (exact) mass is 741 g/mol. The van der Waals surface area contributed by atoms with Crippen molar-refractivity contribution in [3.8, 4) is 39.3 Å². The van der Waals surface area contributed by atoms with Gasteiger partial charge in [0.1, 0.15) is 5.58 Å². The average Bonchev–Trinajstić information content (AvgIpc) is 3.84. The summed E-state index contributed by atoms with van der Waals surface area (Å²) in [6.45, 7) is 0. The predicted molar refractivity (Wildman–Crippen MR) is 241 cm³/mol. The van der Waals surface area contributed by atoms with E-state index in [2.05, 4.69) is 181 Å². The number of aromatic nitrogens is 3. The summed E-state index contributed by atoms with van der Waals surface area (Å²) in [5.41, 5.74) is 14.4. The fraction of sp³-hybridized carbons (Fsp3) is 0.0370. The van der Waals surface area contributed by atoms with Crippen molar-refractivity contribution in [2.45, 2.75) is 12.3 Å². The Morgan fingerprint density at radius 1 is 0.483 bits per heavy atom. The molecule has 0 N–H and O–H groups in total. The van der Waals surface area contributed by atoms with Gasteiger partial charge in [-0.15, -0.1) is 0 Å². The van der Waals surface area contributed by atoms with Crippen LogP contribution in [0.15, 0.2) is 199 Å². The van der Waals surface area contributed by atoms with Crippen LogP contribution in [0.2, 0.25) is 0 Å². The summed E-state index contributed by atoms with van der Waals surface area (Å²) in [5, 5.41) is 6.75. The Morgan fingerprint density at radius 2 is 1.16 bits per heavy atom. The second-order valence-corrected chi connectivity index (χ2v) is 15.3. The van der Waals surface area contributed by atoms with Crippen molar-refractivity contribution in [2.24, 2.45) is 0 Å². The van der Waals surface area contributed by atoms with Crippen molar-refractivity contribution in [3.05, 3.63) is 200 Å². The molecule has 0 spiro atoms. The van der Waals surface area contributed by atoms with Gasteiger partial charge in [-0.05, 0) is 77.7 Å². The van der Waals surface area contributed by atoms with E-state index in [4.69, 9.17) is 14.4 Å². The summed E-state index contributed by atoms with van der Waals surface area (Å²) in [6.07, 6.45) is 9.89. The maximum atomic E-state index is 6.92. The number of nitrogens with zero attached hydrogens (tertiary/aromatic N) is 3. The zero-order valence-corrected chi connectivity index (χ0v) is 31.5. The molecule has 1 aliphatic carbocycles. The number of allylic oxidation sites excluding steroid dienone is 4. The lowest BCUT2D eigenvalue weighted by Crippen LogP contribution is -1.97. The van der Waals surface area contributed by atoms with Gasteiger partial charge in [0.2, 0.25) is 0 Å². The Morgan fingerprint density at radius 3 is 1.90 bits per heavy atom. The third-order valence-corrected chi connectivity index (χ3v) is 11.9. The summed E-state index contributed by atoms with van der Waals surface area (Å²) < 4.78 is 9.31. The van der Waals surface area contributed by atoms with Crippen LogP contribution in [0.5, 0.6) is 0 Å². The molecule has 7 aromatic carbocycles. The molecule has 0 amide bonds. The lowest BCUT2D eigenvalue weighted by Gasteiger charge is -2.14. The fourth-order valence-corrected chi connectivity index (χ4v) is 8.99. The predicted octanol–water partition coefficient (Wildman–Crippen LogP) is 14.4. The topological polar surface area (TPSA) is 43.9 Å². The van der Waals surface area contributed by atoms with Crippen LogP contribution in [-0.2, 0) is 0 Å². The highest BCUT2D eigenvalue weighted by atomic mass is 16.3. The summed E-state index contributed by atoms with van der Waals surface area (Å²) in [6, 6.07) is 60.5. The number of para-hydroxylation sites is 1. The number of pyridine rings is 2. The van der Waals surface area contributed by atoms with Crippen LogP contribution in [0, 0.1) is 0 Å². The maximum absolute atomic E-state index is 6.92. The Kier molecular flexibility index (Phi) is 7.32. The molecular weight excluding hydrogens is 707 g/mol. The molecule has 4 nitrogen and oxygen atoms in total. The minimum Gasteiger partial charge on any atom is -0.454 e. The molecule has 0 fully saturated rings. The van der Waals surface area contributed by atoms with Crippen LogP contribution in [0.4, 0.5) is 0 Å². The summed E-state index contributed by atoms with van der Waals surface area (Å²) >= 11 is 0. The largest absolute Gasteiger partial charge is 0.454 e. The van der Waals surface area contributed by atoms with E-state index < -0.39 is 0 Å². The van der Waals surface area contributed by atoms with Crippen molar-refractivity contribution in [2.75, 3.05) is 0 Å². The molecule has 4 aromatic heterocycles. The van der Waals surface area contributed by atoms with E-state index in [0.29, 0.717) is 5.92 Å². The molecule has 0 saturated heterocycles. The molecule has 58 heavy (non-hydrogen) atoms. The van der Waals surface area contributed by atoms with E-state index in [1.807, 2.05) is 18.2 Å². The number of furan rings is 1. The van der Waals surface area contributed by atoms with Gasteiger partial charge in [-0.25, -0.2) is 9.97 Å². The first-order chi connectivity index (χ1) is 28.7. The van der Waals surface area contributed by atoms with Crippen LogP contribution < -0.4 is 0 Å². The van der Waals surface area contributed by atoms with Gasteiger partial charge >= 0.3 is 0 Å². The molecule has 0 aliphatic heterocycles. The number of fused-ring (bicyclic) bond motifs is 9. The van der Waals surface area contributed by atoms with Gasteiger partial charge < -0.3 is 8.98 Å². The van der Waals surface area contributed by atoms with Crippen LogP contribution in [0.3, 0.4) is 0 Å². The molecule has 12 rings (SSSR count). The first-order valence-electron chi connectivity index (χ1n) is 19.9. The van der Waals surface area contributed by atoms with E-state index in [-0.39, 0.29) is 0 Å². The SMILES string of the molecule is C1=CCC(c2ccc3c(c2)c2cc(-c4ccccc4)ccc2n3-c2cccc3c2oc2cc(-c4ccc5ccc6ccc(-c7ccccc7)nc6c5n4)ccc23)C=C1. The molecule has 0 bridgehead atoms.